The van der Waals surface area contributed by atoms with Gasteiger partial charge in [-0.25, -0.2) is 0 Å². The Labute approximate surface area is 366 Å². The molecule has 63 heavy (non-hydrogen) atoms. The van der Waals surface area contributed by atoms with Gasteiger partial charge in [0.05, 0.1) is 16.5 Å². The third-order valence-electron chi connectivity index (χ3n) is 13.5. The molecule has 0 fully saturated rings. The van der Waals surface area contributed by atoms with Crippen LogP contribution in [0.2, 0.25) is 0 Å². The van der Waals surface area contributed by atoms with Gasteiger partial charge in [0.15, 0.2) is 0 Å². The van der Waals surface area contributed by atoms with Crippen LogP contribution in [0.1, 0.15) is 22.3 Å². The first-order valence-corrected chi connectivity index (χ1v) is 21.8. The Kier molecular flexibility index (Phi) is 7.85. The summed E-state index contributed by atoms with van der Waals surface area (Å²) >= 11 is 0. The number of anilines is 3. The lowest BCUT2D eigenvalue weighted by Gasteiger charge is -2.32. The van der Waals surface area contributed by atoms with Gasteiger partial charge in [0.25, 0.3) is 0 Å². The van der Waals surface area contributed by atoms with Gasteiger partial charge in [0.2, 0.25) is 0 Å². The first-order valence-electron chi connectivity index (χ1n) is 21.8. The number of benzene rings is 10. The van der Waals surface area contributed by atoms with Crippen molar-refractivity contribution in [1.82, 2.24) is 0 Å². The predicted octanol–water partition coefficient (Wildman–Crippen LogP) is 16.4. The molecular weight excluding hydrogens is 763 g/mol. The fourth-order valence-electron chi connectivity index (χ4n) is 10.8. The van der Waals surface area contributed by atoms with Crippen LogP contribution in [0.5, 0.6) is 0 Å². The van der Waals surface area contributed by atoms with Crippen LogP contribution in [0.25, 0.3) is 77.6 Å². The van der Waals surface area contributed by atoms with Gasteiger partial charge in [-0.2, -0.15) is 0 Å². The summed E-state index contributed by atoms with van der Waals surface area (Å²) in [6.07, 6.45) is 0. The fraction of sp³-hybridized carbons (Fsp3) is 0.0164. The van der Waals surface area contributed by atoms with E-state index in [1.54, 1.807) is 0 Å². The molecule has 294 valence electrons. The van der Waals surface area contributed by atoms with Crippen molar-refractivity contribution in [3.8, 4) is 55.6 Å². The second-order valence-electron chi connectivity index (χ2n) is 16.7. The average molecular weight is 802 g/mol. The number of hydrogen-bond acceptors (Lipinski definition) is 2. The zero-order chi connectivity index (χ0) is 41.5. The van der Waals surface area contributed by atoms with E-state index in [4.69, 9.17) is 4.42 Å². The fourth-order valence-corrected chi connectivity index (χ4v) is 10.8. The van der Waals surface area contributed by atoms with Crippen molar-refractivity contribution in [3.05, 3.63) is 259 Å². The van der Waals surface area contributed by atoms with Gasteiger partial charge in [-0.1, -0.05) is 194 Å². The summed E-state index contributed by atoms with van der Waals surface area (Å²) in [7, 11) is 0. The lowest BCUT2D eigenvalue weighted by Crippen LogP contribution is -2.26. The SMILES string of the molecule is c1ccc(-c2ccc(N(c3ccc(-c4ccccc4)cc3)c3c4c(cc5oc6ccc(-c7ccccc7)cc6c35)C3(c5ccccc5-c5ccccc53)c3ccccc3-4)cc2)cc1. The normalized spacial score (nSPS) is 12.9. The standard InChI is InChI=1S/C61H39NO/c1-4-16-40(17-5-1)43-28-33-46(34-29-43)62(47-35-30-44(31-36-47)41-18-6-2-7-19-41)60-58-50-24-12-15-27-54(50)61(52-25-13-10-22-48(52)49-23-11-14-26-53(49)61)55(58)39-57-59(60)51-38-45(32-37-56(51)63-57)42-20-8-3-9-21-42/h1-39H. The molecule has 2 nitrogen and oxygen atoms in total. The quantitative estimate of drug-likeness (QED) is 0.167. The van der Waals surface area contributed by atoms with E-state index in [9.17, 15) is 0 Å². The lowest BCUT2D eigenvalue weighted by molar-refractivity contribution is 0.666. The summed E-state index contributed by atoms with van der Waals surface area (Å²) in [6, 6.07) is 86.3. The van der Waals surface area contributed by atoms with Crippen molar-refractivity contribution in [2.45, 2.75) is 5.41 Å². The van der Waals surface area contributed by atoms with E-state index < -0.39 is 5.41 Å². The number of rotatable bonds is 6. The molecule has 13 rings (SSSR count). The van der Waals surface area contributed by atoms with Crippen molar-refractivity contribution in [1.29, 1.82) is 0 Å². The first kappa shape index (κ1) is 35.5. The summed E-state index contributed by atoms with van der Waals surface area (Å²) in [4.78, 5) is 2.50. The summed E-state index contributed by atoms with van der Waals surface area (Å²) in [6.45, 7) is 0. The number of fused-ring (bicyclic) bond motifs is 13. The molecule has 0 amide bonds. The molecule has 1 aromatic heterocycles. The zero-order valence-electron chi connectivity index (χ0n) is 34.4. The molecule has 1 spiro atoms. The minimum absolute atomic E-state index is 0.559. The maximum atomic E-state index is 7.14. The number of nitrogens with zero attached hydrogens (tertiary/aromatic N) is 1. The minimum atomic E-state index is -0.559. The smallest absolute Gasteiger partial charge is 0.137 e. The van der Waals surface area contributed by atoms with E-state index in [-0.39, 0.29) is 0 Å². The molecule has 0 radical (unpaired) electrons. The molecule has 1 heterocycles. The molecule has 2 heteroatoms. The van der Waals surface area contributed by atoms with Crippen LogP contribution in [0.3, 0.4) is 0 Å². The molecule has 0 bridgehead atoms. The van der Waals surface area contributed by atoms with Gasteiger partial charge in [0.1, 0.15) is 11.2 Å². The van der Waals surface area contributed by atoms with Crippen molar-refractivity contribution < 1.29 is 4.42 Å². The van der Waals surface area contributed by atoms with Crippen LogP contribution >= 0.6 is 0 Å². The molecule has 11 aromatic rings. The van der Waals surface area contributed by atoms with Gasteiger partial charge < -0.3 is 9.32 Å². The molecule has 0 saturated heterocycles. The van der Waals surface area contributed by atoms with E-state index in [0.29, 0.717) is 0 Å². The minimum Gasteiger partial charge on any atom is -0.456 e. The van der Waals surface area contributed by atoms with Gasteiger partial charge in [-0.3, -0.25) is 0 Å². The Morgan fingerprint density at radius 3 is 1.25 bits per heavy atom. The number of furan rings is 1. The van der Waals surface area contributed by atoms with Gasteiger partial charge in [0, 0.05) is 22.3 Å². The summed E-state index contributed by atoms with van der Waals surface area (Å²) in [5.41, 5.74) is 21.6. The monoisotopic (exact) mass is 801 g/mol. The Balaban J connectivity index is 1.17. The predicted molar refractivity (Wildman–Crippen MR) is 261 cm³/mol. The van der Waals surface area contributed by atoms with Gasteiger partial charge in [-0.05, 0) is 115 Å². The average Bonchev–Trinajstić information content (AvgIpc) is 3.99. The van der Waals surface area contributed by atoms with Crippen LogP contribution in [0.4, 0.5) is 17.1 Å². The molecule has 0 unspecified atom stereocenters. The van der Waals surface area contributed by atoms with E-state index in [0.717, 1.165) is 44.6 Å². The van der Waals surface area contributed by atoms with Crippen LogP contribution < -0.4 is 4.90 Å². The lowest BCUT2D eigenvalue weighted by atomic mass is 9.70. The maximum Gasteiger partial charge on any atom is 0.137 e. The Morgan fingerprint density at radius 1 is 0.317 bits per heavy atom. The van der Waals surface area contributed by atoms with E-state index in [1.165, 1.54) is 72.3 Å². The Morgan fingerprint density at radius 2 is 0.730 bits per heavy atom. The highest BCUT2D eigenvalue weighted by Crippen LogP contribution is 2.66. The van der Waals surface area contributed by atoms with Crippen molar-refractivity contribution in [3.63, 3.8) is 0 Å². The molecule has 0 saturated carbocycles. The van der Waals surface area contributed by atoms with Crippen molar-refractivity contribution >= 4 is 39.0 Å². The van der Waals surface area contributed by atoms with E-state index in [1.807, 2.05) is 0 Å². The largest absolute Gasteiger partial charge is 0.456 e. The molecule has 0 atom stereocenters. The van der Waals surface area contributed by atoms with E-state index in [2.05, 4.69) is 241 Å². The van der Waals surface area contributed by atoms with Gasteiger partial charge >= 0.3 is 0 Å². The third kappa shape index (κ3) is 5.25. The second kappa shape index (κ2) is 13.9. The highest BCUT2D eigenvalue weighted by atomic mass is 16.3. The third-order valence-corrected chi connectivity index (χ3v) is 13.5. The summed E-state index contributed by atoms with van der Waals surface area (Å²) < 4.78 is 7.14. The van der Waals surface area contributed by atoms with Gasteiger partial charge in [-0.15, -0.1) is 0 Å². The topological polar surface area (TPSA) is 16.4 Å². The Bertz CT molecular complexity index is 3400. The summed E-state index contributed by atoms with van der Waals surface area (Å²) in [5, 5.41) is 2.17. The van der Waals surface area contributed by atoms with Crippen LogP contribution in [-0.2, 0) is 5.41 Å². The zero-order valence-corrected chi connectivity index (χ0v) is 34.4. The molecule has 0 aliphatic heterocycles. The molecule has 0 N–H and O–H groups in total. The molecular formula is C61H39NO. The van der Waals surface area contributed by atoms with Crippen LogP contribution in [0, 0.1) is 0 Å². The second-order valence-corrected chi connectivity index (χ2v) is 16.7. The van der Waals surface area contributed by atoms with Crippen molar-refractivity contribution in [2.24, 2.45) is 0 Å². The molecule has 2 aliphatic carbocycles. The summed E-state index contributed by atoms with van der Waals surface area (Å²) in [5.74, 6) is 0. The number of hydrogen-bond donors (Lipinski definition) is 0. The van der Waals surface area contributed by atoms with Crippen molar-refractivity contribution in [2.75, 3.05) is 4.90 Å². The maximum absolute atomic E-state index is 7.14. The molecule has 10 aromatic carbocycles. The molecule has 2 aliphatic rings. The highest BCUT2D eigenvalue weighted by Gasteiger charge is 2.53. The van der Waals surface area contributed by atoms with E-state index >= 15 is 0 Å². The van der Waals surface area contributed by atoms with Crippen LogP contribution in [-0.4, -0.2) is 0 Å². The Hall–Kier alpha value is -8.20. The highest BCUT2D eigenvalue weighted by molar-refractivity contribution is 6.20. The van der Waals surface area contributed by atoms with Crippen LogP contribution in [0.15, 0.2) is 241 Å². The first-order chi connectivity index (χ1) is 31.3.